The van der Waals surface area contributed by atoms with Crippen LogP contribution in [0.25, 0.3) is 11.0 Å². The van der Waals surface area contributed by atoms with Gasteiger partial charge in [-0.05, 0) is 35.8 Å². The van der Waals surface area contributed by atoms with E-state index < -0.39 is 29.8 Å². The van der Waals surface area contributed by atoms with Gasteiger partial charge in [-0.2, -0.15) is 13.2 Å². The molecule has 2 atom stereocenters. The molecule has 116 valence electrons. The lowest BCUT2D eigenvalue weighted by Crippen LogP contribution is -2.18. The van der Waals surface area contributed by atoms with Crippen LogP contribution >= 0.6 is 27.5 Å². The number of imidazole rings is 1. The number of benzene rings is 1. The molecular weight excluding hydrogens is 376 g/mol. The first-order valence-corrected chi connectivity index (χ1v) is 7.41. The van der Waals surface area contributed by atoms with Crippen LogP contribution in [0.5, 0.6) is 0 Å². The van der Waals surface area contributed by atoms with Crippen molar-refractivity contribution in [1.82, 2.24) is 9.55 Å². The minimum atomic E-state index is -4.31. The lowest BCUT2D eigenvalue weighted by atomic mass is 10.2. The summed E-state index contributed by atoms with van der Waals surface area (Å²) in [7, 11) is 0. The third-order valence-electron chi connectivity index (χ3n) is 3.08. The van der Waals surface area contributed by atoms with E-state index in [-0.39, 0.29) is 9.99 Å². The monoisotopic (exact) mass is 386 g/mol. The van der Waals surface area contributed by atoms with Crippen LogP contribution in [0, 0.1) is 5.82 Å². The zero-order chi connectivity index (χ0) is 15.9. The van der Waals surface area contributed by atoms with E-state index in [1.807, 2.05) is 0 Å². The molecule has 2 nitrogen and oxygen atoms in total. The molecule has 0 aliphatic rings. The molecule has 2 rings (SSSR count). The van der Waals surface area contributed by atoms with Gasteiger partial charge in [-0.15, -0.1) is 11.6 Å². The molecule has 0 spiro atoms. The molecular formula is C13H12BrClF4N2. The molecule has 0 N–H and O–H groups in total. The fourth-order valence-corrected chi connectivity index (χ4v) is 2.76. The van der Waals surface area contributed by atoms with Crippen LogP contribution in [0.4, 0.5) is 17.6 Å². The Morgan fingerprint density at radius 2 is 1.95 bits per heavy atom. The second-order valence-electron chi connectivity index (χ2n) is 4.88. The molecule has 0 saturated carbocycles. The van der Waals surface area contributed by atoms with Crippen LogP contribution in [0.3, 0.4) is 0 Å². The van der Waals surface area contributed by atoms with Crippen molar-refractivity contribution < 1.29 is 17.6 Å². The molecule has 8 heteroatoms. The topological polar surface area (TPSA) is 17.8 Å². The first-order valence-electron chi connectivity index (χ1n) is 6.18. The van der Waals surface area contributed by atoms with E-state index in [2.05, 4.69) is 20.9 Å². The van der Waals surface area contributed by atoms with E-state index in [4.69, 9.17) is 11.6 Å². The summed E-state index contributed by atoms with van der Waals surface area (Å²) in [6, 6.07) is 1.72. The predicted molar refractivity (Wildman–Crippen MR) is 77.0 cm³/mol. The molecule has 1 heterocycles. The Morgan fingerprint density at radius 1 is 1.33 bits per heavy atom. The average molecular weight is 388 g/mol. The Balaban J connectivity index is 2.63. The van der Waals surface area contributed by atoms with Gasteiger partial charge in [0.25, 0.3) is 0 Å². The highest BCUT2D eigenvalue weighted by atomic mass is 79.9. The Kier molecular flexibility index (Phi) is 4.54. The SMILES string of the molecule is CC(Cl)c1nc2cc(F)c(Br)cc2n1C(C)CC(F)(F)F. The van der Waals surface area contributed by atoms with Crippen molar-refractivity contribution in [3.05, 3.63) is 28.2 Å². The molecule has 21 heavy (non-hydrogen) atoms. The number of halogens is 6. The van der Waals surface area contributed by atoms with Gasteiger partial charge in [0.2, 0.25) is 0 Å². The Labute approximate surface area is 132 Å². The Morgan fingerprint density at radius 3 is 2.48 bits per heavy atom. The number of hydrogen-bond donors (Lipinski definition) is 0. The summed E-state index contributed by atoms with van der Waals surface area (Å²) in [5.41, 5.74) is 0.703. The molecule has 0 bridgehead atoms. The molecule has 1 aromatic carbocycles. The quantitative estimate of drug-likeness (QED) is 0.484. The van der Waals surface area contributed by atoms with E-state index in [0.29, 0.717) is 11.3 Å². The van der Waals surface area contributed by atoms with Crippen molar-refractivity contribution in [2.75, 3.05) is 0 Å². The van der Waals surface area contributed by atoms with E-state index in [9.17, 15) is 17.6 Å². The standard InChI is InChI=1S/C13H12BrClF4N2/c1-6(5-13(17,18)19)21-11-3-8(14)9(16)4-10(11)20-12(21)7(2)15/h3-4,6-7H,5H2,1-2H3. The highest BCUT2D eigenvalue weighted by Crippen LogP contribution is 2.35. The van der Waals surface area contributed by atoms with E-state index in [0.717, 1.165) is 0 Å². The number of fused-ring (bicyclic) bond motifs is 1. The van der Waals surface area contributed by atoms with Crippen LogP contribution in [0.15, 0.2) is 16.6 Å². The van der Waals surface area contributed by atoms with Gasteiger partial charge < -0.3 is 4.57 Å². The summed E-state index contributed by atoms with van der Waals surface area (Å²) < 4.78 is 53.1. The van der Waals surface area contributed by atoms with Gasteiger partial charge in [-0.1, -0.05) is 0 Å². The van der Waals surface area contributed by atoms with E-state index in [1.54, 1.807) is 6.92 Å². The molecule has 2 unspecified atom stereocenters. The second-order valence-corrected chi connectivity index (χ2v) is 6.39. The minimum absolute atomic E-state index is 0.170. The van der Waals surface area contributed by atoms with Crippen molar-refractivity contribution in [3.63, 3.8) is 0 Å². The van der Waals surface area contributed by atoms with Crippen LogP contribution in [0.2, 0.25) is 0 Å². The molecule has 0 amide bonds. The Bertz CT molecular complexity index is 666. The van der Waals surface area contributed by atoms with Gasteiger partial charge >= 0.3 is 6.18 Å². The molecule has 0 aliphatic carbocycles. The van der Waals surface area contributed by atoms with E-state index in [1.165, 1.54) is 23.6 Å². The third-order valence-corrected chi connectivity index (χ3v) is 3.89. The summed E-state index contributed by atoms with van der Waals surface area (Å²) in [6.45, 7) is 3.06. The number of alkyl halides is 4. The van der Waals surface area contributed by atoms with Crippen molar-refractivity contribution >= 4 is 38.6 Å². The van der Waals surface area contributed by atoms with Gasteiger partial charge in [-0.3, -0.25) is 0 Å². The van der Waals surface area contributed by atoms with Crippen molar-refractivity contribution in [3.8, 4) is 0 Å². The summed E-state index contributed by atoms with van der Waals surface area (Å²) >= 11 is 9.04. The normalized spacial score (nSPS) is 15.4. The van der Waals surface area contributed by atoms with Gasteiger partial charge in [0.05, 0.1) is 27.3 Å². The maximum absolute atomic E-state index is 13.6. The lowest BCUT2D eigenvalue weighted by molar-refractivity contribution is -0.141. The highest BCUT2D eigenvalue weighted by molar-refractivity contribution is 9.10. The maximum atomic E-state index is 13.6. The maximum Gasteiger partial charge on any atom is 0.391 e. The molecule has 1 aromatic heterocycles. The van der Waals surface area contributed by atoms with Crippen molar-refractivity contribution in [2.24, 2.45) is 0 Å². The first-order chi connectivity index (χ1) is 9.60. The summed E-state index contributed by atoms with van der Waals surface area (Å²) in [5.74, 6) is -0.231. The highest BCUT2D eigenvalue weighted by Gasteiger charge is 2.32. The molecule has 0 radical (unpaired) electrons. The largest absolute Gasteiger partial charge is 0.391 e. The fraction of sp³-hybridized carbons (Fsp3) is 0.462. The fourth-order valence-electron chi connectivity index (χ4n) is 2.28. The van der Waals surface area contributed by atoms with Gasteiger partial charge in [0, 0.05) is 12.1 Å². The van der Waals surface area contributed by atoms with Gasteiger partial charge in [0.15, 0.2) is 0 Å². The molecule has 0 saturated heterocycles. The molecule has 0 aliphatic heterocycles. The number of aromatic nitrogens is 2. The van der Waals surface area contributed by atoms with Crippen LogP contribution in [-0.4, -0.2) is 15.7 Å². The van der Waals surface area contributed by atoms with Gasteiger partial charge in [0.1, 0.15) is 11.6 Å². The summed E-state index contributed by atoms with van der Waals surface area (Å²) in [6.07, 6.45) is -5.32. The zero-order valence-corrected chi connectivity index (χ0v) is 13.5. The predicted octanol–water partition coefficient (Wildman–Crippen LogP) is 5.75. The zero-order valence-electron chi connectivity index (χ0n) is 11.2. The first kappa shape index (κ1) is 16.5. The van der Waals surface area contributed by atoms with Crippen LogP contribution < -0.4 is 0 Å². The van der Waals surface area contributed by atoms with Crippen LogP contribution in [0.1, 0.15) is 37.5 Å². The second kappa shape index (κ2) is 5.76. The van der Waals surface area contributed by atoms with E-state index >= 15 is 0 Å². The third kappa shape index (κ3) is 3.51. The average Bonchev–Trinajstić information content (AvgIpc) is 2.66. The minimum Gasteiger partial charge on any atom is -0.324 e. The van der Waals surface area contributed by atoms with Crippen molar-refractivity contribution in [1.29, 1.82) is 0 Å². The van der Waals surface area contributed by atoms with Gasteiger partial charge in [-0.25, -0.2) is 9.37 Å². The number of hydrogen-bond acceptors (Lipinski definition) is 1. The molecule has 2 aromatic rings. The Hall–Kier alpha value is -0.820. The number of rotatable bonds is 3. The smallest absolute Gasteiger partial charge is 0.324 e. The van der Waals surface area contributed by atoms with Crippen LogP contribution in [-0.2, 0) is 0 Å². The molecule has 0 fully saturated rings. The van der Waals surface area contributed by atoms with Crippen molar-refractivity contribution in [2.45, 2.75) is 37.9 Å². The summed E-state index contributed by atoms with van der Waals surface area (Å²) in [4.78, 5) is 4.17. The lowest BCUT2D eigenvalue weighted by Gasteiger charge is -2.20. The summed E-state index contributed by atoms with van der Waals surface area (Å²) in [5, 5.41) is -0.588. The number of nitrogens with zero attached hydrogens (tertiary/aromatic N) is 2.